The first-order chi connectivity index (χ1) is 9.83. The van der Waals surface area contributed by atoms with Gasteiger partial charge in [0.1, 0.15) is 12.4 Å². The molecule has 3 N–H and O–H groups in total. The Labute approximate surface area is 117 Å². The molecular formula is C15H18N4O. The highest BCUT2D eigenvalue weighted by molar-refractivity contribution is 5.75. The summed E-state index contributed by atoms with van der Waals surface area (Å²) in [5.74, 6) is 1.96. The molecule has 0 bridgehead atoms. The van der Waals surface area contributed by atoms with E-state index in [0.717, 1.165) is 48.8 Å². The normalized spacial score (nSPS) is 18.4. The molecule has 0 saturated carbocycles. The van der Waals surface area contributed by atoms with E-state index in [-0.39, 0.29) is 0 Å². The maximum Gasteiger partial charge on any atom is 0.157 e. The number of hydrogen-bond acceptors (Lipinski definition) is 4. The summed E-state index contributed by atoms with van der Waals surface area (Å²) in [4.78, 5) is 2.32. The Morgan fingerprint density at radius 1 is 1.25 bits per heavy atom. The molecule has 2 aromatic rings. The van der Waals surface area contributed by atoms with Gasteiger partial charge in [0.05, 0.1) is 11.3 Å². The van der Waals surface area contributed by atoms with Crippen LogP contribution in [0.5, 0.6) is 5.75 Å². The number of nitrogens with two attached hydrogens (primary N) is 1. The largest absolute Gasteiger partial charge is 0.488 e. The SMILES string of the molecule is NC1CCN(c2n[nH]c3c2COc2ccccc2-3)CC1. The van der Waals surface area contributed by atoms with Gasteiger partial charge < -0.3 is 15.4 Å². The van der Waals surface area contributed by atoms with Crippen LogP contribution in [0.1, 0.15) is 18.4 Å². The van der Waals surface area contributed by atoms with Gasteiger partial charge in [-0.3, -0.25) is 5.10 Å². The van der Waals surface area contributed by atoms with E-state index in [1.165, 1.54) is 5.56 Å². The number of ether oxygens (including phenoxy) is 1. The van der Waals surface area contributed by atoms with E-state index in [9.17, 15) is 0 Å². The van der Waals surface area contributed by atoms with Crippen molar-refractivity contribution in [2.45, 2.75) is 25.5 Å². The number of nitrogens with one attached hydrogen (secondary N) is 1. The fraction of sp³-hybridized carbons (Fsp3) is 0.400. The van der Waals surface area contributed by atoms with Crippen molar-refractivity contribution in [2.75, 3.05) is 18.0 Å². The van der Waals surface area contributed by atoms with E-state index in [2.05, 4.69) is 21.2 Å². The first-order valence-electron chi connectivity index (χ1n) is 7.13. The lowest BCUT2D eigenvalue weighted by atomic mass is 10.0. The van der Waals surface area contributed by atoms with Crippen LogP contribution in [0.2, 0.25) is 0 Å². The Morgan fingerprint density at radius 2 is 2.05 bits per heavy atom. The van der Waals surface area contributed by atoms with Crippen LogP contribution in [0.25, 0.3) is 11.3 Å². The molecule has 0 amide bonds. The number of nitrogens with zero attached hydrogens (tertiary/aromatic N) is 2. The predicted octanol–water partition coefficient (Wildman–Crippen LogP) is 1.90. The Bertz CT molecular complexity index is 629. The number of fused-ring (bicyclic) bond motifs is 3. The van der Waals surface area contributed by atoms with E-state index in [1.54, 1.807) is 0 Å². The summed E-state index contributed by atoms with van der Waals surface area (Å²) in [6.07, 6.45) is 2.05. The summed E-state index contributed by atoms with van der Waals surface area (Å²) < 4.78 is 5.85. The van der Waals surface area contributed by atoms with Crippen molar-refractivity contribution >= 4 is 5.82 Å². The van der Waals surface area contributed by atoms with Crippen molar-refractivity contribution in [3.05, 3.63) is 29.8 Å². The molecule has 20 heavy (non-hydrogen) atoms. The molecular weight excluding hydrogens is 252 g/mol. The lowest BCUT2D eigenvalue weighted by Crippen LogP contribution is -2.40. The monoisotopic (exact) mass is 270 g/mol. The first-order valence-corrected chi connectivity index (χ1v) is 7.13. The molecule has 2 aliphatic heterocycles. The van der Waals surface area contributed by atoms with Gasteiger partial charge in [-0.15, -0.1) is 0 Å². The van der Waals surface area contributed by atoms with Crippen LogP contribution in [0.15, 0.2) is 24.3 Å². The Balaban J connectivity index is 1.71. The Hall–Kier alpha value is -2.01. The van der Waals surface area contributed by atoms with Gasteiger partial charge in [-0.2, -0.15) is 5.10 Å². The molecule has 5 nitrogen and oxygen atoms in total. The third-order valence-electron chi connectivity index (χ3n) is 4.21. The highest BCUT2D eigenvalue weighted by atomic mass is 16.5. The summed E-state index contributed by atoms with van der Waals surface area (Å²) >= 11 is 0. The van der Waals surface area contributed by atoms with Crippen molar-refractivity contribution in [3.63, 3.8) is 0 Å². The van der Waals surface area contributed by atoms with Crippen LogP contribution in [-0.4, -0.2) is 29.3 Å². The molecule has 104 valence electrons. The number of H-pyrrole nitrogens is 1. The molecule has 1 fully saturated rings. The average molecular weight is 270 g/mol. The second-order valence-corrected chi connectivity index (χ2v) is 5.51. The summed E-state index contributed by atoms with van der Waals surface area (Å²) in [6.45, 7) is 2.53. The molecule has 1 aromatic carbocycles. The standard InChI is InChI=1S/C15H18N4O/c16-10-5-7-19(8-6-10)15-12-9-20-13-4-2-1-3-11(13)14(12)17-18-15/h1-4,10H,5-9,16H2,(H,17,18). The van der Waals surface area contributed by atoms with E-state index in [0.29, 0.717) is 12.6 Å². The summed E-state index contributed by atoms with van der Waals surface area (Å²) in [6, 6.07) is 8.42. The van der Waals surface area contributed by atoms with Gasteiger partial charge in [0.15, 0.2) is 5.82 Å². The number of aromatic nitrogens is 2. The molecule has 0 aliphatic carbocycles. The highest BCUT2D eigenvalue weighted by Crippen LogP contribution is 2.39. The minimum atomic E-state index is 0.331. The zero-order valence-corrected chi connectivity index (χ0v) is 11.3. The number of para-hydroxylation sites is 1. The first kappa shape index (κ1) is 11.8. The smallest absolute Gasteiger partial charge is 0.157 e. The highest BCUT2D eigenvalue weighted by Gasteiger charge is 2.27. The van der Waals surface area contributed by atoms with Crippen molar-refractivity contribution in [1.29, 1.82) is 0 Å². The van der Waals surface area contributed by atoms with E-state index < -0.39 is 0 Å². The van der Waals surface area contributed by atoms with Crippen molar-refractivity contribution in [2.24, 2.45) is 5.73 Å². The molecule has 0 atom stereocenters. The number of piperidine rings is 1. The van der Waals surface area contributed by atoms with E-state index in [4.69, 9.17) is 10.5 Å². The van der Waals surface area contributed by atoms with Gasteiger partial charge in [0.25, 0.3) is 0 Å². The number of hydrogen-bond donors (Lipinski definition) is 2. The summed E-state index contributed by atoms with van der Waals surface area (Å²) in [5, 5.41) is 7.71. The molecule has 0 spiro atoms. The zero-order valence-electron chi connectivity index (χ0n) is 11.3. The molecule has 3 heterocycles. The topological polar surface area (TPSA) is 67.2 Å². The summed E-state index contributed by atoms with van der Waals surface area (Å²) in [5.41, 5.74) is 9.33. The van der Waals surface area contributed by atoms with E-state index in [1.807, 2.05) is 18.2 Å². The molecule has 0 unspecified atom stereocenters. The number of aromatic amines is 1. The third kappa shape index (κ3) is 1.78. The van der Waals surface area contributed by atoms with Crippen LogP contribution in [0.4, 0.5) is 5.82 Å². The number of anilines is 1. The minimum Gasteiger partial charge on any atom is -0.488 e. The van der Waals surface area contributed by atoms with Crippen LogP contribution >= 0.6 is 0 Å². The van der Waals surface area contributed by atoms with Crippen molar-refractivity contribution in [3.8, 4) is 17.0 Å². The molecule has 4 rings (SSSR count). The van der Waals surface area contributed by atoms with Gasteiger partial charge >= 0.3 is 0 Å². The minimum absolute atomic E-state index is 0.331. The van der Waals surface area contributed by atoms with Gasteiger partial charge in [0.2, 0.25) is 0 Å². The van der Waals surface area contributed by atoms with Crippen LogP contribution < -0.4 is 15.4 Å². The molecule has 0 radical (unpaired) electrons. The van der Waals surface area contributed by atoms with Crippen molar-refractivity contribution < 1.29 is 4.74 Å². The lowest BCUT2D eigenvalue weighted by molar-refractivity contribution is 0.302. The zero-order chi connectivity index (χ0) is 13.5. The van der Waals surface area contributed by atoms with E-state index >= 15 is 0 Å². The van der Waals surface area contributed by atoms with Gasteiger partial charge in [-0.25, -0.2) is 0 Å². The molecule has 2 aliphatic rings. The van der Waals surface area contributed by atoms with Crippen molar-refractivity contribution in [1.82, 2.24) is 10.2 Å². The maximum atomic E-state index is 5.97. The second-order valence-electron chi connectivity index (χ2n) is 5.51. The Morgan fingerprint density at radius 3 is 2.90 bits per heavy atom. The third-order valence-corrected chi connectivity index (χ3v) is 4.21. The van der Waals surface area contributed by atoms with Gasteiger partial charge in [0, 0.05) is 24.7 Å². The van der Waals surface area contributed by atoms with Crippen LogP contribution in [-0.2, 0) is 6.61 Å². The quantitative estimate of drug-likeness (QED) is 0.830. The maximum absolute atomic E-state index is 5.97. The van der Waals surface area contributed by atoms with Crippen LogP contribution in [0.3, 0.4) is 0 Å². The average Bonchev–Trinajstić information content (AvgIpc) is 2.92. The van der Waals surface area contributed by atoms with Gasteiger partial charge in [-0.1, -0.05) is 12.1 Å². The van der Waals surface area contributed by atoms with Gasteiger partial charge in [-0.05, 0) is 25.0 Å². The molecule has 1 saturated heterocycles. The molecule has 5 heteroatoms. The second kappa shape index (κ2) is 4.52. The molecule has 1 aromatic heterocycles. The lowest BCUT2D eigenvalue weighted by Gasteiger charge is -2.31. The Kier molecular flexibility index (Phi) is 2.67. The number of rotatable bonds is 1. The summed E-state index contributed by atoms with van der Waals surface area (Å²) in [7, 11) is 0. The number of benzene rings is 1. The fourth-order valence-corrected chi connectivity index (χ4v) is 3.04. The predicted molar refractivity (Wildman–Crippen MR) is 77.8 cm³/mol. The van der Waals surface area contributed by atoms with Crippen LogP contribution in [0, 0.1) is 0 Å². The fourth-order valence-electron chi connectivity index (χ4n) is 3.04.